The molecule has 0 heterocycles. The number of aromatic carboxylic acids is 1. The van der Waals surface area contributed by atoms with Crippen molar-refractivity contribution in [3.05, 3.63) is 28.2 Å². The Kier molecular flexibility index (Phi) is 6.51. The van der Waals surface area contributed by atoms with Crippen LogP contribution in [0.4, 0.5) is 10.5 Å². The highest BCUT2D eigenvalue weighted by molar-refractivity contribution is 9.10. The van der Waals surface area contributed by atoms with Crippen molar-refractivity contribution in [1.29, 1.82) is 0 Å². The Bertz CT molecular complexity index is 487. The van der Waals surface area contributed by atoms with Crippen molar-refractivity contribution < 1.29 is 14.7 Å². The second-order valence-electron chi connectivity index (χ2n) is 4.51. The van der Waals surface area contributed by atoms with Gasteiger partial charge in [0.15, 0.2) is 0 Å². The lowest BCUT2D eigenvalue weighted by Crippen LogP contribution is -2.33. The molecular weight excluding hydrogens is 324 g/mol. The van der Waals surface area contributed by atoms with Gasteiger partial charge in [0.05, 0.1) is 11.3 Å². The van der Waals surface area contributed by atoms with Gasteiger partial charge in [0.25, 0.3) is 0 Å². The Labute approximate surface area is 126 Å². The van der Waals surface area contributed by atoms with Crippen molar-refractivity contribution in [3.8, 4) is 0 Å². The molecule has 5 nitrogen and oxygen atoms in total. The predicted octanol–water partition coefficient (Wildman–Crippen LogP) is 3.71. The highest BCUT2D eigenvalue weighted by atomic mass is 79.9. The summed E-state index contributed by atoms with van der Waals surface area (Å²) < 4.78 is 0.706. The molecule has 0 atom stereocenters. The van der Waals surface area contributed by atoms with Crippen LogP contribution in [0.2, 0.25) is 0 Å². The summed E-state index contributed by atoms with van der Waals surface area (Å²) in [6, 6.07) is 4.25. The predicted molar refractivity (Wildman–Crippen MR) is 82.2 cm³/mol. The number of carboxylic acids is 1. The topological polar surface area (TPSA) is 78.4 Å². The zero-order chi connectivity index (χ0) is 15.1. The molecule has 1 aromatic rings. The number of hydrogen-bond acceptors (Lipinski definition) is 2. The third kappa shape index (κ3) is 4.85. The van der Waals surface area contributed by atoms with Crippen LogP contribution in [0.5, 0.6) is 0 Å². The number of carbonyl (C=O) groups excluding carboxylic acids is 1. The molecule has 0 aromatic heterocycles. The average molecular weight is 343 g/mol. The van der Waals surface area contributed by atoms with Gasteiger partial charge in [0.1, 0.15) is 0 Å². The number of nitrogens with one attached hydrogen (secondary N) is 2. The molecule has 0 fully saturated rings. The second kappa shape index (κ2) is 7.89. The van der Waals surface area contributed by atoms with Crippen molar-refractivity contribution in [1.82, 2.24) is 5.32 Å². The summed E-state index contributed by atoms with van der Waals surface area (Å²) in [4.78, 5) is 22.9. The van der Waals surface area contributed by atoms with E-state index < -0.39 is 12.0 Å². The van der Waals surface area contributed by atoms with Gasteiger partial charge in [-0.3, -0.25) is 0 Å². The molecule has 0 radical (unpaired) electrons. The van der Waals surface area contributed by atoms with E-state index in [0.29, 0.717) is 16.9 Å². The fourth-order valence-electron chi connectivity index (χ4n) is 1.79. The summed E-state index contributed by atoms with van der Waals surface area (Å²) in [7, 11) is 0. The summed E-state index contributed by atoms with van der Waals surface area (Å²) >= 11 is 3.26. The maximum Gasteiger partial charge on any atom is 0.337 e. The van der Waals surface area contributed by atoms with E-state index in [4.69, 9.17) is 5.11 Å². The van der Waals surface area contributed by atoms with Gasteiger partial charge in [-0.2, -0.15) is 0 Å². The first-order valence-electron chi connectivity index (χ1n) is 6.55. The monoisotopic (exact) mass is 342 g/mol. The molecule has 0 saturated carbocycles. The van der Waals surface area contributed by atoms with Crippen LogP contribution in [0.3, 0.4) is 0 Å². The van der Waals surface area contributed by atoms with Crippen LogP contribution in [-0.4, -0.2) is 23.7 Å². The number of carbonyl (C=O) groups is 2. The van der Waals surface area contributed by atoms with Crippen molar-refractivity contribution in [3.63, 3.8) is 0 Å². The molecule has 0 saturated heterocycles. The minimum Gasteiger partial charge on any atom is -0.478 e. The Morgan fingerprint density at radius 2 is 1.95 bits per heavy atom. The lowest BCUT2D eigenvalue weighted by molar-refractivity contribution is 0.0698. The molecule has 110 valence electrons. The van der Waals surface area contributed by atoms with E-state index in [-0.39, 0.29) is 11.3 Å². The lowest BCUT2D eigenvalue weighted by atomic mass is 10.0. The minimum atomic E-state index is -1.08. The van der Waals surface area contributed by atoms with E-state index in [1.165, 1.54) is 6.07 Å². The molecule has 0 unspecified atom stereocenters. The highest BCUT2D eigenvalue weighted by Crippen LogP contribution is 2.21. The summed E-state index contributed by atoms with van der Waals surface area (Å²) in [5.74, 6) is -0.644. The normalized spacial score (nSPS) is 10.4. The van der Waals surface area contributed by atoms with Gasteiger partial charge in [-0.05, 0) is 24.1 Å². The summed E-state index contributed by atoms with van der Waals surface area (Å²) in [6.07, 6.45) is 1.99. The van der Waals surface area contributed by atoms with Crippen molar-refractivity contribution >= 4 is 33.6 Å². The molecule has 0 aliphatic carbocycles. The number of urea groups is 1. The molecule has 0 aliphatic rings. The number of carboxylic acid groups (broad SMARTS) is 1. The summed E-state index contributed by atoms with van der Waals surface area (Å²) in [5.41, 5.74) is 0.333. The van der Waals surface area contributed by atoms with Gasteiger partial charge in [-0.15, -0.1) is 0 Å². The first kappa shape index (κ1) is 16.5. The van der Waals surface area contributed by atoms with Crippen LogP contribution in [0, 0.1) is 5.92 Å². The van der Waals surface area contributed by atoms with E-state index in [0.717, 1.165) is 12.8 Å². The molecule has 3 N–H and O–H groups in total. The van der Waals surface area contributed by atoms with E-state index in [1.807, 2.05) is 0 Å². The largest absolute Gasteiger partial charge is 0.478 e. The second-order valence-corrected chi connectivity index (χ2v) is 5.43. The number of benzene rings is 1. The van der Waals surface area contributed by atoms with Crippen molar-refractivity contribution in [2.24, 2.45) is 5.92 Å². The highest BCUT2D eigenvalue weighted by Gasteiger charge is 2.13. The molecule has 0 spiro atoms. The Hall–Kier alpha value is -1.56. The van der Waals surface area contributed by atoms with Crippen LogP contribution in [0.1, 0.15) is 37.0 Å². The number of hydrogen-bond donors (Lipinski definition) is 3. The molecule has 1 rings (SSSR count). The Morgan fingerprint density at radius 3 is 2.50 bits per heavy atom. The van der Waals surface area contributed by atoms with Gasteiger partial charge in [-0.25, -0.2) is 9.59 Å². The zero-order valence-corrected chi connectivity index (χ0v) is 13.2. The number of amides is 2. The average Bonchev–Trinajstić information content (AvgIpc) is 2.39. The summed E-state index contributed by atoms with van der Waals surface area (Å²) in [5, 5.41) is 14.4. The van der Waals surface area contributed by atoms with Crippen LogP contribution < -0.4 is 10.6 Å². The van der Waals surface area contributed by atoms with Crippen LogP contribution >= 0.6 is 15.9 Å². The van der Waals surface area contributed by atoms with E-state index in [2.05, 4.69) is 40.4 Å². The van der Waals surface area contributed by atoms with E-state index in [9.17, 15) is 9.59 Å². The molecule has 0 aliphatic heterocycles. The first-order chi connectivity index (χ1) is 9.47. The molecular formula is C14H19BrN2O3. The number of rotatable bonds is 6. The van der Waals surface area contributed by atoms with Gasteiger partial charge in [-0.1, -0.05) is 42.6 Å². The standard InChI is InChI=1S/C14H19BrN2O3/c1-3-9(4-2)8-16-14(20)17-12-7-10(15)5-6-11(12)13(18)19/h5-7,9H,3-4,8H2,1-2H3,(H,18,19)(H2,16,17,20). The minimum absolute atomic E-state index is 0.0610. The smallest absolute Gasteiger partial charge is 0.337 e. The SMILES string of the molecule is CCC(CC)CNC(=O)Nc1cc(Br)ccc1C(=O)O. The molecule has 0 bridgehead atoms. The fraction of sp³-hybridized carbons (Fsp3) is 0.429. The number of halogens is 1. The Morgan fingerprint density at radius 1 is 1.30 bits per heavy atom. The van der Waals surface area contributed by atoms with Crippen molar-refractivity contribution in [2.75, 3.05) is 11.9 Å². The van der Waals surface area contributed by atoms with Gasteiger partial charge in [0, 0.05) is 11.0 Å². The number of anilines is 1. The van der Waals surface area contributed by atoms with Crippen LogP contribution in [0.15, 0.2) is 22.7 Å². The summed E-state index contributed by atoms with van der Waals surface area (Å²) in [6.45, 7) is 4.73. The van der Waals surface area contributed by atoms with Gasteiger partial charge in [0.2, 0.25) is 0 Å². The third-order valence-corrected chi connectivity index (χ3v) is 3.66. The van der Waals surface area contributed by atoms with E-state index >= 15 is 0 Å². The van der Waals surface area contributed by atoms with E-state index in [1.54, 1.807) is 12.1 Å². The molecule has 6 heteroatoms. The zero-order valence-electron chi connectivity index (χ0n) is 11.6. The maximum atomic E-state index is 11.8. The Balaban J connectivity index is 2.70. The quantitative estimate of drug-likeness (QED) is 0.737. The van der Waals surface area contributed by atoms with Crippen molar-refractivity contribution in [2.45, 2.75) is 26.7 Å². The van der Waals surface area contributed by atoms with Gasteiger partial charge < -0.3 is 15.7 Å². The molecule has 20 heavy (non-hydrogen) atoms. The molecule has 1 aromatic carbocycles. The maximum absolute atomic E-state index is 11.8. The molecule has 2 amide bonds. The lowest BCUT2D eigenvalue weighted by Gasteiger charge is -2.14. The van der Waals surface area contributed by atoms with Crippen LogP contribution in [0.25, 0.3) is 0 Å². The third-order valence-electron chi connectivity index (χ3n) is 3.17. The fourth-order valence-corrected chi connectivity index (χ4v) is 2.15. The van der Waals surface area contributed by atoms with Crippen LogP contribution in [-0.2, 0) is 0 Å². The first-order valence-corrected chi connectivity index (χ1v) is 7.34. The van der Waals surface area contributed by atoms with Gasteiger partial charge >= 0.3 is 12.0 Å².